The Kier molecular flexibility index (Phi) is 8.91. The molecule has 0 aliphatic heterocycles. The minimum Gasteiger partial charge on any atom is -0.434 e. The van der Waals surface area contributed by atoms with Gasteiger partial charge in [0.25, 0.3) is 5.91 Å². The first-order chi connectivity index (χ1) is 19.4. The molecule has 1 unspecified atom stereocenters. The van der Waals surface area contributed by atoms with Crippen LogP contribution in [0, 0.1) is 5.41 Å². The topological polar surface area (TPSA) is 131 Å². The number of amides is 1. The molecule has 1 aromatic carbocycles. The van der Waals surface area contributed by atoms with E-state index < -0.39 is 56.7 Å². The van der Waals surface area contributed by atoms with Crippen molar-refractivity contribution in [2.75, 3.05) is 12.8 Å². The van der Waals surface area contributed by atoms with Gasteiger partial charge in [-0.2, -0.15) is 27.1 Å². The predicted octanol–water partition coefficient (Wildman–Crippen LogP) is 4.65. The van der Waals surface area contributed by atoms with Gasteiger partial charge in [-0.1, -0.05) is 17.7 Å². The summed E-state index contributed by atoms with van der Waals surface area (Å²) in [4.78, 5) is 13.0. The Morgan fingerprint density at radius 1 is 1.24 bits per heavy atom. The van der Waals surface area contributed by atoms with Gasteiger partial charge >= 0.3 is 12.8 Å². The van der Waals surface area contributed by atoms with Crippen LogP contribution in [0.15, 0.2) is 18.2 Å². The quantitative estimate of drug-likeness (QED) is 0.321. The summed E-state index contributed by atoms with van der Waals surface area (Å²) in [6.07, 6.45) is -5.50. The summed E-state index contributed by atoms with van der Waals surface area (Å²) in [5.41, 5.74) is -4.44. The van der Waals surface area contributed by atoms with Crippen LogP contribution in [0.25, 0.3) is 11.3 Å². The Morgan fingerprint density at radius 2 is 1.86 bits per heavy atom. The maximum atomic E-state index is 13.6. The van der Waals surface area contributed by atoms with Crippen molar-refractivity contribution in [1.82, 2.24) is 15.1 Å². The fourth-order valence-corrected chi connectivity index (χ4v) is 6.81. The molecule has 0 spiro atoms. The zero-order valence-corrected chi connectivity index (χ0v) is 24.3. The molecule has 2 aliphatic rings. The molecule has 1 aromatic heterocycles. The number of halogens is 6. The zero-order chi connectivity index (χ0) is 31.3. The number of alkyl halides is 5. The van der Waals surface area contributed by atoms with Crippen LogP contribution in [0.5, 0.6) is 5.75 Å². The second kappa shape index (κ2) is 11.5. The van der Waals surface area contributed by atoms with Crippen LogP contribution in [0.4, 0.5) is 22.0 Å². The Morgan fingerprint density at radius 3 is 2.36 bits per heavy atom. The number of aromatic nitrogens is 2. The Bertz CT molecular complexity index is 1440. The summed E-state index contributed by atoms with van der Waals surface area (Å²) in [7, 11) is -3.27. The molecule has 1 atom stereocenters. The van der Waals surface area contributed by atoms with Crippen LogP contribution in [0.3, 0.4) is 0 Å². The summed E-state index contributed by atoms with van der Waals surface area (Å²) in [6, 6.07) is 3.21. The summed E-state index contributed by atoms with van der Waals surface area (Å²) in [5.74, 6) is -1.36. The molecule has 1 amide bonds. The van der Waals surface area contributed by atoms with Crippen molar-refractivity contribution in [2.45, 2.75) is 81.7 Å². The highest BCUT2D eigenvalue weighted by Gasteiger charge is 2.67. The molecule has 16 heteroatoms. The molecule has 2 saturated carbocycles. The lowest BCUT2D eigenvalue weighted by Gasteiger charge is -2.35. The van der Waals surface area contributed by atoms with Crippen LogP contribution in [0.1, 0.15) is 67.6 Å². The number of aryl methyl sites for hydroxylation is 1. The van der Waals surface area contributed by atoms with Crippen molar-refractivity contribution >= 4 is 27.3 Å². The molecule has 0 saturated heterocycles. The third-order valence-electron chi connectivity index (χ3n) is 8.13. The SMILES string of the molecule is CCn1nc(C(=O)NC[C@]2(O)CC[C@@H](S(C)(=O)=O)CC2)c(Cl)c1-c1ccc(C(O)C2(C(F)(F)F)CC2)cc1OC(F)F. The van der Waals surface area contributed by atoms with Gasteiger partial charge in [0.2, 0.25) is 0 Å². The predicted molar refractivity (Wildman–Crippen MR) is 142 cm³/mol. The summed E-state index contributed by atoms with van der Waals surface area (Å²) in [5, 5.41) is 27.3. The van der Waals surface area contributed by atoms with E-state index in [1.165, 1.54) is 10.7 Å². The lowest BCUT2D eigenvalue weighted by atomic mass is 9.84. The average Bonchev–Trinajstić information content (AvgIpc) is 3.65. The van der Waals surface area contributed by atoms with Crippen LogP contribution in [-0.2, 0) is 16.4 Å². The van der Waals surface area contributed by atoms with Crippen LogP contribution in [0.2, 0.25) is 5.02 Å². The molecule has 0 bridgehead atoms. The Balaban J connectivity index is 1.60. The van der Waals surface area contributed by atoms with Gasteiger partial charge < -0.3 is 20.3 Å². The standard InChI is InChI=1S/C26H31ClF5N3O6S/c1-3-35-20(16-5-4-14(12-17(16)41-23(28)29)21(36)25(10-11-25)26(30,31)32)18(27)19(34-35)22(37)33-13-24(38)8-6-15(7-9-24)42(2,39)40/h4-5,12,15,21,23,36,38H,3,6-11,13H2,1-2H3,(H,33,37)/t15-,21?,24+. The van der Waals surface area contributed by atoms with Crippen LogP contribution in [-0.4, -0.2) is 70.8 Å². The minimum atomic E-state index is -4.71. The Labute approximate surface area is 243 Å². The number of nitrogens with zero attached hydrogens (tertiary/aromatic N) is 2. The number of sulfone groups is 1. The van der Waals surface area contributed by atoms with E-state index >= 15 is 0 Å². The molecule has 1 heterocycles. The number of carbonyl (C=O) groups excluding carboxylic acids is 1. The largest absolute Gasteiger partial charge is 0.434 e. The fourth-order valence-electron chi connectivity index (χ4n) is 5.40. The molecular weight excluding hydrogens is 613 g/mol. The van der Waals surface area contributed by atoms with E-state index in [2.05, 4.69) is 15.2 Å². The molecule has 2 aliphatic carbocycles. The number of nitrogens with one attached hydrogen (secondary N) is 1. The van der Waals surface area contributed by atoms with E-state index in [1.54, 1.807) is 6.92 Å². The molecule has 42 heavy (non-hydrogen) atoms. The molecule has 9 nitrogen and oxygen atoms in total. The summed E-state index contributed by atoms with van der Waals surface area (Å²) in [6.45, 7) is -1.86. The number of rotatable bonds is 10. The molecule has 2 aromatic rings. The number of aliphatic hydroxyl groups is 2. The molecule has 2 fully saturated rings. The summed E-state index contributed by atoms with van der Waals surface area (Å²) >= 11 is 6.50. The van der Waals surface area contributed by atoms with Crippen molar-refractivity contribution in [1.29, 1.82) is 0 Å². The normalized spacial score (nSPS) is 23.1. The first-order valence-electron chi connectivity index (χ1n) is 13.2. The first kappa shape index (κ1) is 32.4. The fraction of sp³-hybridized carbons (Fsp3) is 0.615. The van der Waals surface area contributed by atoms with Gasteiger partial charge in [-0.05, 0) is 63.1 Å². The van der Waals surface area contributed by atoms with Crippen molar-refractivity contribution < 1.29 is 50.1 Å². The van der Waals surface area contributed by atoms with Gasteiger partial charge in [-0.15, -0.1) is 0 Å². The highest BCUT2D eigenvalue weighted by Crippen LogP contribution is 2.64. The van der Waals surface area contributed by atoms with E-state index in [9.17, 15) is 45.4 Å². The zero-order valence-electron chi connectivity index (χ0n) is 22.7. The van der Waals surface area contributed by atoms with Crippen molar-refractivity contribution in [3.63, 3.8) is 0 Å². The molecule has 3 N–H and O–H groups in total. The molecule has 0 radical (unpaired) electrons. The molecule has 4 rings (SSSR count). The van der Waals surface area contributed by atoms with Gasteiger partial charge in [0.05, 0.1) is 33.1 Å². The van der Waals surface area contributed by atoms with Gasteiger partial charge in [0.1, 0.15) is 15.6 Å². The van der Waals surface area contributed by atoms with Gasteiger partial charge in [-0.3, -0.25) is 9.48 Å². The van der Waals surface area contributed by atoms with E-state index in [-0.39, 0.29) is 79.2 Å². The maximum absolute atomic E-state index is 13.6. The van der Waals surface area contributed by atoms with Gasteiger partial charge in [0.15, 0.2) is 5.69 Å². The monoisotopic (exact) mass is 643 g/mol. The second-order valence-electron chi connectivity index (χ2n) is 11.0. The number of aliphatic hydroxyl groups excluding tert-OH is 1. The van der Waals surface area contributed by atoms with E-state index in [0.717, 1.165) is 18.4 Å². The van der Waals surface area contributed by atoms with Crippen LogP contribution >= 0.6 is 11.6 Å². The number of carbonyl (C=O) groups is 1. The van der Waals surface area contributed by atoms with E-state index in [0.29, 0.717) is 0 Å². The lowest BCUT2D eigenvalue weighted by molar-refractivity contribution is -0.215. The highest BCUT2D eigenvalue weighted by atomic mass is 35.5. The smallest absolute Gasteiger partial charge is 0.397 e. The highest BCUT2D eigenvalue weighted by molar-refractivity contribution is 7.91. The van der Waals surface area contributed by atoms with Gasteiger partial charge in [-0.25, -0.2) is 8.42 Å². The van der Waals surface area contributed by atoms with E-state index in [1.807, 2.05) is 0 Å². The number of benzene rings is 1. The maximum Gasteiger partial charge on any atom is 0.397 e. The van der Waals surface area contributed by atoms with E-state index in [4.69, 9.17) is 11.6 Å². The lowest BCUT2D eigenvalue weighted by Crippen LogP contribution is -2.47. The number of hydrogen-bond donors (Lipinski definition) is 3. The third kappa shape index (κ3) is 6.38. The van der Waals surface area contributed by atoms with Crippen molar-refractivity contribution in [2.24, 2.45) is 5.41 Å². The molecule has 234 valence electrons. The minimum absolute atomic E-state index is 0.0228. The van der Waals surface area contributed by atoms with Crippen molar-refractivity contribution in [3.8, 4) is 17.0 Å². The van der Waals surface area contributed by atoms with Gasteiger partial charge in [0, 0.05) is 24.9 Å². The average molecular weight is 644 g/mol. The second-order valence-corrected chi connectivity index (χ2v) is 13.7. The molecular formula is C26H31ClF5N3O6S. The van der Waals surface area contributed by atoms with Crippen LogP contribution < -0.4 is 10.1 Å². The Hall–Kier alpha value is -2.49. The summed E-state index contributed by atoms with van der Waals surface area (Å²) < 4.78 is 96.9. The number of ether oxygens (including phenoxy) is 1. The number of hydrogen-bond acceptors (Lipinski definition) is 7. The third-order valence-corrected chi connectivity index (χ3v) is 10.2. The first-order valence-corrected chi connectivity index (χ1v) is 15.6. The van der Waals surface area contributed by atoms with Crippen molar-refractivity contribution in [3.05, 3.63) is 34.5 Å².